The van der Waals surface area contributed by atoms with Gasteiger partial charge < -0.3 is 9.84 Å². The Morgan fingerprint density at radius 1 is 1.28 bits per heavy atom. The molecule has 3 saturated carbocycles. The van der Waals surface area contributed by atoms with E-state index >= 15 is 0 Å². The second kappa shape index (κ2) is 5.26. The second-order valence-electron chi connectivity index (χ2n) is 9.43. The largest absolute Gasteiger partial charge is 0.389 e. The highest BCUT2D eigenvalue weighted by Gasteiger charge is 2.64. The van der Waals surface area contributed by atoms with Crippen LogP contribution in [0.1, 0.15) is 51.9 Å². The summed E-state index contributed by atoms with van der Waals surface area (Å²) in [5.41, 5.74) is 1.44. The van der Waals surface area contributed by atoms with E-state index in [4.69, 9.17) is 4.74 Å². The summed E-state index contributed by atoms with van der Waals surface area (Å²) in [6.45, 7) is 2.78. The zero-order valence-electron chi connectivity index (χ0n) is 15.0. The molecule has 0 radical (unpaired) electrons. The van der Waals surface area contributed by atoms with Crippen molar-refractivity contribution < 1.29 is 19.4 Å². The molecule has 0 aromatic carbocycles. The predicted octanol–water partition coefficient (Wildman–Crippen LogP) is 2.68. The number of ether oxygens (including phenoxy) is 1. The van der Waals surface area contributed by atoms with Gasteiger partial charge in [0.1, 0.15) is 6.61 Å². The van der Waals surface area contributed by atoms with Gasteiger partial charge in [0.2, 0.25) is 0 Å². The van der Waals surface area contributed by atoms with E-state index in [0.717, 1.165) is 45.1 Å². The van der Waals surface area contributed by atoms with Crippen molar-refractivity contribution in [1.29, 1.82) is 0 Å². The Balaban J connectivity index is 1.51. The molecule has 5 rings (SSSR count). The lowest BCUT2D eigenvalue weighted by Gasteiger charge is -2.56. The predicted molar refractivity (Wildman–Crippen MR) is 91.7 cm³/mol. The van der Waals surface area contributed by atoms with Crippen molar-refractivity contribution in [2.24, 2.45) is 34.5 Å². The SMILES string of the molecule is C[C@]12CCC3C(C[C@@H]4OC[C@@]35CCC(=O)C=C45)C1CC[C@@H]2C(=O)CO. The highest BCUT2D eigenvalue weighted by atomic mass is 16.5. The van der Waals surface area contributed by atoms with E-state index in [1.807, 2.05) is 6.08 Å². The van der Waals surface area contributed by atoms with Crippen molar-refractivity contribution in [2.45, 2.75) is 58.0 Å². The third-order valence-electron chi connectivity index (χ3n) is 8.78. The molecule has 4 aliphatic carbocycles. The molecule has 25 heavy (non-hydrogen) atoms. The number of carbonyl (C=O) groups is 2. The summed E-state index contributed by atoms with van der Waals surface area (Å²) >= 11 is 0. The molecule has 3 unspecified atom stereocenters. The Labute approximate surface area is 149 Å². The molecule has 4 heteroatoms. The topological polar surface area (TPSA) is 63.6 Å². The first kappa shape index (κ1) is 16.2. The lowest BCUT2D eigenvalue weighted by molar-refractivity contribution is -0.132. The molecule has 1 N–H and O–H groups in total. The van der Waals surface area contributed by atoms with Crippen LogP contribution in [0.25, 0.3) is 0 Å². The van der Waals surface area contributed by atoms with Crippen LogP contribution in [-0.4, -0.2) is 36.0 Å². The molecule has 1 saturated heterocycles. The number of Topliss-reactive ketones (excluding diaryl/α,β-unsaturated/α-hetero) is 1. The molecule has 4 fully saturated rings. The molecule has 0 aromatic rings. The van der Waals surface area contributed by atoms with Gasteiger partial charge in [0, 0.05) is 17.8 Å². The van der Waals surface area contributed by atoms with E-state index < -0.39 is 0 Å². The number of fused-ring (bicyclic) bond motifs is 3. The molecule has 0 spiro atoms. The number of rotatable bonds is 2. The Morgan fingerprint density at radius 2 is 2.12 bits per heavy atom. The monoisotopic (exact) mass is 344 g/mol. The van der Waals surface area contributed by atoms with Crippen molar-refractivity contribution in [2.75, 3.05) is 13.2 Å². The summed E-state index contributed by atoms with van der Waals surface area (Å²) in [6, 6.07) is 0. The third-order valence-corrected chi connectivity index (χ3v) is 8.78. The molecule has 5 aliphatic rings. The summed E-state index contributed by atoms with van der Waals surface area (Å²) in [7, 11) is 0. The van der Waals surface area contributed by atoms with Gasteiger partial charge >= 0.3 is 0 Å². The lowest BCUT2D eigenvalue weighted by atomic mass is 9.46. The second-order valence-corrected chi connectivity index (χ2v) is 9.43. The molecule has 2 bridgehead atoms. The van der Waals surface area contributed by atoms with Crippen molar-refractivity contribution in [1.82, 2.24) is 0 Å². The summed E-state index contributed by atoms with van der Waals surface area (Å²) in [5.74, 6) is 2.12. The van der Waals surface area contributed by atoms with Gasteiger partial charge in [-0.2, -0.15) is 0 Å². The van der Waals surface area contributed by atoms with Crippen LogP contribution in [0.2, 0.25) is 0 Å². The van der Waals surface area contributed by atoms with E-state index in [9.17, 15) is 14.7 Å². The van der Waals surface area contributed by atoms with Crippen LogP contribution in [-0.2, 0) is 14.3 Å². The first-order valence-electron chi connectivity index (χ1n) is 10.00. The van der Waals surface area contributed by atoms with Gasteiger partial charge in [-0.1, -0.05) is 6.92 Å². The van der Waals surface area contributed by atoms with Crippen LogP contribution in [0.5, 0.6) is 0 Å². The Kier molecular flexibility index (Phi) is 3.41. The minimum absolute atomic E-state index is 0.0318. The summed E-state index contributed by atoms with van der Waals surface area (Å²) in [5, 5.41) is 9.40. The van der Waals surface area contributed by atoms with Crippen molar-refractivity contribution in [3.05, 3.63) is 11.6 Å². The summed E-state index contributed by atoms with van der Waals surface area (Å²) < 4.78 is 6.20. The standard InChI is InChI=1S/C21H28O4/c1-20-6-5-15-13(14(20)2-3-16(20)18(24)10-22)9-19-17-8-12(23)4-7-21(15,17)11-25-19/h8,13-16,19,22H,2-7,9-11H2,1H3/t13?,14?,15?,16-,19+,20+,21+/m1/s1. The number of aliphatic hydroxyl groups excluding tert-OH is 1. The summed E-state index contributed by atoms with van der Waals surface area (Å²) in [4.78, 5) is 24.3. The van der Waals surface area contributed by atoms with E-state index in [-0.39, 0.29) is 41.0 Å². The van der Waals surface area contributed by atoms with Gasteiger partial charge in [0.15, 0.2) is 11.6 Å². The Bertz CT molecular complexity index is 667. The number of aliphatic hydroxyl groups is 1. The van der Waals surface area contributed by atoms with Crippen LogP contribution in [0.3, 0.4) is 0 Å². The fraction of sp³-hybridized carbons (Fsp3) is 0.810. The fourth-order valence-corrected chi connectivity index (χ4v) is 7.68. The van der Waals surface area contributed by atoms with Crippen LogP contribution < -0.4 is 0 Å². The molecular weight excluding hydrogens is 316 g/mol. The quantitative estimate of drug-likeness (QED) is 0.836. The average molecular weight is 344 g/mol. The molecular formula is C21H28O4. The molecule has 7 atom stereocenters. The van der Waals surface area contributed by atoms with Gasteiger partial charge in [-0.25, -0.2) is 0 Å². The van der Waals surface area contributed by atoms with E-state index in [2.05, 4.69) is 6.92 Å². The number of hydrogen-bond donors (Lipinski definition) is 1. The van der Waals surface area contributed by atoms with Crippen molar-refractivity contribution >= 4 is 11.6 Å². The number of ketones is 2. The Morgan fingerprint density at radius 3 is 2.92 bits per heavy atom. The maximum atomic E-state index is 12.3. The fourth-order valence-electron chi connectivity index (χ4n) is 7.68. The molecule has 0 aromatic heterocycles. The van der Waals surface area contributed by atoms with Gasteiger partial charge in [-0.15, -0.1) is 0 Å². The molecule has 4 nitrogen and oxygen atoms in total. The zero-order valence-corrected chi connectivity index (χ0v) is 15.0. The maximum absolute atomic E-state index is 12.3. The minimum Gasteiger partial charge on any atom is -0.389 e. The van der Waals surface area contributed by atoms with Crippen molar-refractivity contribution in [3.63, 3.8) is 0 Å². The van der Waals surface area contributed by atoms with Gasteiger partial charge in [-0.05, 0) is 73.3 Å². The van der Waals surface area contributed by atoms with Gasteiger partial charge in [-0.3, -0.25) is 9.59 Å². The third kappa shape index (κ3) is 1.96. The molecule has 1 aliphatic heterocycles. The van der Waals surface area contributed by atoms with Crippen LogP contribution >= 0.6 is 0 Å². The molecule has 136 valence electrons. The van der Waals surface area contributed by atoms with Crippen LogP contribution in [0, 0.1) is 34.5 Å². The van der Waals surface area contributed by atoms with Crippen LogP contribution in [0.15, 0.2) is 11.6 Å². The number of carbonyl (C=O) groups excluding carboxylic acids is 2. The maximum Gasteiger partial charge on any atom is 0.161 e. The van der Waals surface area contributed by atoms with Crippen molar-refractivity contribution in [3.8, 4) is 0 Å². The first-order valence-corrected chi connectivity index (χ1v) is 10.00. The van der Waals surface area contributed by atoms with Crippen LogP contribution in [0.4, 0.5) is 0 Å². The molecule has 1 heterocycles. The highest BCUT2D eigenvalue weighted by Crippen LogP contribution is 2.68. The number of hydrogen-bond acceptors (Lipinski definition) is 4. The Hall–Kier alpha value is -1.00. The average Bonchev–Trinajstić information content (AvgIpc) is 3.08. The molecule has 0 amide bonds. The van der Waals surface area contributed by atoms with E-state index in [1.165, 1.54) is 5.57 Å². The van der Waals surface area contributed by atoms with E-state index in [0.29, 0.717) is 24.2 Å². The van der Waals surface area contributed by atoms with Gasteiger partial charge in [0.25, 0.3) is 0 Å². The minimum atomic E-state index is -0.314. The van der Waals surface area contributed by atoms with E-state index in [1.54, 1.807) is 0 Å². The normalized spacial score (nSPS) is 50.7. The zero-order chi connectivity index (χ0) is 17.4. The van der Waals surface area contributed by atoms with Gasteiger partial charge in [0.05, 0.1) is 12.7 Å². The lowest BCUT2D eigenvalue weighted by Crippen LogP contribution is -2.53. The first-order chi connectivity index (χ1) is 12.0. The highest BCUT2D eigenvalue weighted by molar-refractivity contribution is 5.92. The summed E-state index contributed by atoms with van der Waals surface area (Å²) in [6.07, 6.45) is 8.92. The smallest absolute Gasteiger partial charge is 0.161 e.